The van der Waals surface area contributed by atoms with Crippen molar-refractivity contribution in [3.8, 4) is 16.3 Å². The van der Waals surface area contributed by atoms with E-state index in [4.69, 9.17) is 4.74 Å². The molecule has 0 spiro atoms. The molecule has 0 aliphatic rings. The molecule has 1 aromatic carbocycles. The standard InChI is InChI=1S/C9H6BrIN2OS/c1-14-7-3-2-5(4-6(7)10)8-12-13-9(11)15-8/h2-4H,1H3. The molecule has 0 atom stereocenters. The molecule has 0 saturated carbocycles. The van der Waals surface area contributed by atoms with E-state index < -0.39 is 0 Å². The number of methoxy groups -OCH3 is 1. The van der Waals surface area contributed by atoms with Gasteiger partial charge in [0.1, 0.15) is 10.8 Å². The zero-order valence-electron chi connectivity index (χ0n) is 7.70. The second kappa shape index (κ2) is 4.75. The van der Waals surface area contributed by atoms with Gasteiger partial charge in [0.25, 0.3) is 0 Å². The molecule has 0 radical (unpaired) electrons. The fourth-order valence-electron chi connectivity index (χ4n) is 1.12. The highest BCUT2D eigenvalue weighted by molar-refractivity contribution is 14.1. The van der Waals surface area contributed by atoms with Gasteiger partial charge in [0.2, 0.25) is 0 Å². The van der Waals surface area contributed by atoms with Gasteiger partial charge >= 0.3 is 0 Å². The van der Waals surface area contributed by atoms with Crippen LogP contribution >= 0.6 is 49.9 Å². The monoisotopic (exact) mass is 396 g/mol. The fourth-order valence-corrected chi connectivity index (χ4v) is 2.96. The number of rotatable bonds is 2. The largest absolute Gasteiger partial charge is 0.496 e. The minimum atomic E-state index is 0.818. The van der Waals surface area contributed by atoms with Crippen molar-refractivity contribution >= 4 is 49.9 Å². The Kier molecular flexibility index (Phi) is 3.57. The van der Waals surface area contributed by atoms with Crippen molar-refractivity contribution in [1.82, 2.24) is 10.2 Å². The molecule has 2 rings (SSSR count). The number of benzene rings is 1. The highest BCUT2D eigenvalue weighted by atomic mass is 127. The molecule has 78 valence electrons. The van der Waals surface area contributed by atoms with Crippen LogP contribution in [0.4, 0.5) is 0 Å². The summed E-state index contributed by atoms with van der Waals surface area (Å²) in [4.78, 5) is 0. The lowest BCUT2D eigenvalue weighted by atomic mass is 10.2. The summed E-state index contributed by atoms with van der Waals surface area (Å²) in [6.07, 6.45) is 0. The second-order valence-electron chi connectivity index (χ2n) is 2.71. The van der Waals surface area contributed by atoms with Crippen LogP contribution in [0.3, 0.4) is 0 Å². The molecular formula is C9H6BrIN2OS. The average molecular weight is 397 g/mol. The van der Waals surface area contributed by atoms with Gasteiger partial charge in [-0.25, -0.2) is 0 Å². The summed E-state index contributed by atoms with van der Waals surface area (Å²) < 4.78 is 7.02. The van der Waals surface area contributed by atoms with Crippen LogP contribution < -0.4 is 4.74 Å². The van der Waals surface area contributed by atoms with E-state index in [2.05, 4.69) is 48.7 Å². The summed E-state index contributed by atoms with van der Waals surface area (Å²) in [7, 11) is 1.65. The van der Waals surface area contributed by atoms with E-state index in [-0.39, 0.29) is 0 Å². The zero-order chi connectivity index (χ0) is 10.8. The second-order valence-corrected chi connectivity index (χ2v) is 6.30. The summed E-state index contributed by atoms with van der Waals surface area (Å²) >= 11 is 7.17. The Morgan fingerprint density at radius 1 is 1.40 bits per heavy atom. The Morgan fingerprint density at radius 2 is 2.20 bits per heavy atom. The van der Waals surface area contributed by atoms with Crippen LogP contribution in [0.25, 0.3) is 10.6 Å². The van der Waals surface area contributed by atoms with Gasteiger partial charge in [0.15, 0.2) is 3.01 Å². The summed E-state index contributed by atoms with van der Waals surface area (Å²) in [5, 5.41) is 8.98. The number of nitrogens with zero attached hydrogens (tertiary/aromatic N) is 2. The van der Waals surface area contributed by atoms with E-state index in [0.717, 1.165) is 23.8 Å². The molecule has 3 nitrogen and oxygen atoms in total. The van der Waals surface area contributed by atoms with E-state index in [1.807, 2.05) is 18.2 Å². The summed E-state index contributed by atoms with van der Waals surface area (Å²) in [6.45, 7) is 0. The Balaban J connectivity index is 2.42. The van der Waals surface area contributed by atoms with Gasteiger partial charge in [-0.15, -0.1) is 10.2 Å². The van der Waals surface area contributed by atoms with Gasteiger partial charge in [-0.2, -0.15) is 0 Å². The highest BCUT2D eigenvalue weighted by Crippen LogP contribution is 2.31. The van der Waals surface area contributed by atoms with Crippen LogP contribution in [0.15, 0.2) is 22.7 Å². The molecule has 2 aromatic rings. The Morgan fingerprint density at radius 3 is 2.73 bits per heavy atom. The van der Waals surface area contributed by atoms with E-state index in [1.165, 1.54) is 0 Å². The number of hydrogen-bond donors (Lipinski definition) is 0. The molecule has 0 bridgehead atoms. The van der Waals surface area contributed by atoms with E-state index >= 15 is 0 Å². The van der Waals surface area contributed by atoms with Crippen molar-refractivity contribution in [3.63, 3.8) is 0 Å². The van der Waals surface area contributed by atoms with E-state index in [1.54, 1.807) is 18.4 Å². The Bertz CT molecular complexity index is 489. The molecule has 0 fully saturated rings. The Hall–Kier alpha value is -0.210. The zero-order valence-corrected chi connectivity index (χ0v) is 12.3. The lowest BCUT2D eigenvalue weighted by Gasteiger charge is -2.03. The summed E-state index contributed by atoms with van der Waals surface area (Å²) in [6, 6.07) is 5.86. The summed E-state index contributed by atoms with van der Waals surface area (Å²) in [5.74, 6) is 0.818. The molecule has 0 N–H and O–H groups in total. The van der Waals surface area contributed by atoms with Crippen LogP contribution in [0.2, 0.25) is 0 Å². The molecular weight excluding hydrogens is 391 g/mol. The first-order valence-electron chi connectivity index (χ1n) is 4.03. The number of hydrogen-bond acceptors (Lipinski definition) is 4. The maximum atomic E-state index is 5.16. The van der Waals surface area contributed by atoms with Crippen molar-refractivity contribution in [2.75, 3.05) is 7.11 Å². The molecule has 1 aromatic heterocycles. The van der Waals surface area contributed by atoms with Crippen LogP contribution in [0.1, 0.15) is 0 Å². The van der Waals surface area contributed by atoms with Crippen molar-refractivity contribution in [2.24, 2.45) is 0 Å². The number of halogens is 2. The van der Waals surface area contributed by atoms with Gasteiger partial charge in [-0.05, 0) is 56.7 Å². The summed E-state index contributed by atoms with van der Waals surface area (Å²) in [5.41, 5.74) is 1.04. The first-order chi connectivity index (χ1) is 7.20. The van der Waals surface area contributed by atoms with Crippen LogP contribution in [-0.4, -0.2) is 17.3 Å². The van der Waals surface area contributed by atoms with Gasteiger partial charge < -0.3 is 4.74 Å². The van der Waals surface area contributed by atoms with Crippen molar-refractivity contribution < 1.29 is 4.74 Å². The van der Waals surface area contributed by atoms with E-state index in [0.29, 0.717) is 0 Å². The van der Waals surface area contributed by atoms with Crippen molar-refractivity contribution in [3.05, 3.63) is 25.7 Å². The maximum Gasteiger partial charge on any atom is 0.178 e. The lowest BCUT2D eigenvalue weighted by Crippen LogP contribution is -1.85. The first kappa shape index (κ1) is 11.3. The SMILES string of the molecule is COc1ccc(-c2nnc(I)s2)cc1Br. The molecule has 6 heteroatoms. The van der Waals surface area contributed by atoms with Gasteiger partial charge in [-0.3, -0.25) is 0 Å². The first-order valence-corrected chi connectivity index (χ1v) is 6.72. The quantitative estimate of drug-likeness (QED) is 0.727. The third-order valence-electron chi connectivity index (χ3n) is 1.80. The third-order valence-corrected chi connectivity index (χ3v) is 4.06. The molecule has 15 heavy (non-hydrogen) atoms. The molecule has 1 heterocycles. The lowest BCUT2D eigenvalue weighted by molar-refractivity contribution is 0.412. The van der Waals surface area contributed by atoms with Gasteiger partial charge in [0.05, 0.1) is 11.6 Å². The van der Waals surface area contributed by atoms with Crippen LogP contribution in [0.5, 0.6) is 5.75 Å². The van der Waals surface area contributed by atoms with Crippen molar-refractivity contribution in [1.29, 1.82) is 0 Å². The normalized spacial score (nSPS) is 10.3. The molecule has 0 aliphatic carbocycles. The van der Waals surface area contributed by atoms with Crippen LogP contribution in [-0.2, 0) is 0 Å². The number of aromatic nitrogens is 2. The topological polar surface area (TPSA) is 35.0 Å². The third kappa shape index (κ3) is 2.48. The van der Waals surface area contributed by atoms with E-state index in [9.17, 15) is 0 Å². The van der Waals surface area contributed by atoms with Crippen molar-refractivity contribution in [2.45, 2.75) is 0 Å². The highest BCUT2D eigenvalue weighted by Gasteiger charge is 2.07. The average Bonchev–Trinajstić information content (AvgIpc) is 2.65. The maximum absolute atomic E-state index is 5.16. The smallest absolute Gasteiger partial charge is 0.178 e. The molecule has 0 unspecified atom stereocenters. The minimum absolute atomic E-state index is 0.818. The van der Waals surface area contributed by atoms with Gasteiger partial charge in [-0.1, -0.05) is 11.3 Å². The molecule has 0 amide bonds. The molecule has 0 saturated heterocycles. The molecule has 0 aliphatic heterocycles. The predicted octanol–water partition coefficient (Wildman–Crippen LogP) is 3.58. The Labute approximate surface area is 113 Å². The van der Waals surface area contributed by atoms with Crippen LogP contribution in [0, 0.1) is 3.01 Å². The minimum Gasteiger partial charge on any atom is -0.496 e. The number of ether oxygens (including phenoxy) is 1. The predicted molar refractivity (Wildman–Crippen MR) is 72.3 cm³/mol. The fraction of sp³-hybridized carbons (Fsp3) is 0.111. The van der Waals surface area contributed by atoms with Gasteiger partial charge in [0, 0.05) is 5.56 Å².